The third-order valence-electron chi connectivity index (χ3n) is 5.00. The lowest BCUT2D eigenvalue weighted by atomic mass is 9.89. The van der Waals surface area contributed by atoms with Gasteiger partial charge in [0.05, 0.1) is 6.54 Å². The first-order valence-electron chi connectivity index (χ1n) is 9.17. The number of fused-ring (bicyclic) bond motifs is 1. The highest BCUT2D eigenvalue weighted by Crippen LogP contribution is 2.34. The predicted octanol–water partition coefficient (Wildman–Crippen LogP) is 2.62. The van der Waals surface area contributed by atoms with Crippen LogP contribution in [-0.2, 0) is 16.9 Å². The fourth-order valence-electron chi connectivity index (χ4n) is 3.52. The zero-order chi connectivity index (χ0) is 21.3. The molecule has 3 aromatic rings. The molecule has 0 aliphatic carbocycles. The second-order valence-corrected chi connectivity index (χ2v) is 6.87. The van der Waals surface area contributed by atoms with Crippen molar-refractivity contribution in [2.75, 3.05) is 6.61 Å². The molecule has 1 aromatic heterocycles. The Hall–Kier alpha value is -3.99. The zero-order valence-electron chi connectivity index (χ0n) is 16.0. The molecule has 8 heteroatoms. The summed E-state index contributed by atoms with van der Waals surface area (Å²) in [7, 11) is 0. The number of carbonyl (C=O) groups excluding carboxylic acids is 2. The van der Waals surface area contributed by atoms with E-state index in [0.717, 1.165) is 0 Å². The van der Waals surface area contributed by atoms with E-state index in [1.807, 2.05) is 0 Å². The average molecular weight is 407 g/mol. The lowest BCUT2D eigenvalue weighted by molar-refractivity contribution is -0.124. The Balaban J connectivity index is 1.73. The number of halogens is 1. The van der Waals surface area contributed by atoms with Crippen LogP contribution in [-0.4, -0.2) is 28.2 Å². The molecule has 4 rings (SSSR count). The van der Waals surface area contributed by atoms with Crippen molar-refractivity contribution in [2.45, 2.75) is 19.0 Å². The van der Waals surface area contributed by atoms with Crippen LogP contribution < -0.4 is 15.4 Å². The van der Waals surface area contributed by atoms with Crippen LogP contribution in [0.5, 0.6) is 11.6 Å². The maximum Gasteiger partial charge on any atom is 0.322 e. The van der Waals surface area contributed by atoms with Crippen molar-refractivity contribution in [1.29, 1.82) is 0 Å². The number of aromatic hydroxyl groups is 1. The van der Waals surface area contributed by atoms with Crippen molar-refractivity contribution in [3.05, 3.63) is 60.0 Å². The molecule has 3 amide bonds. The number of imide groups is 1. The third-order valence-corrected chi connectivity index (χ3v) is 5.00. The molecule has 1 unspecified atom stereocenters. The summed E-state index contributed by atoms with van der Waals surface area (Å²) in [4.78, 5) is 24.6. The van der Waals surface area contributed by atoms with Gasteiger partial charge in [0.1, 0.15) is 18.2 Å². The van der Waals surface area contributed by atoms with Gasteiger partial charge in [0.2, 0.25) is 0 Å². The Morgan fingerprint density at radius 3 is 2.63 bits per heavy atom. The van der Waals surface area contributed by atoms with Gasteiger partial charge in [-0.2, -0.15) is 0 Å². The van der Waals surface area contributed by atoms with Gasteiger partial charge in [0, 0.05) is 17.0 Å². The lowest BCUT2D eigenvalue weighted by Crippen LogP contribution is -2.47. The monoisotopic (exact) mass is 407 g/mol. The first kappa shape index (κ1) is 19.3. The molecule has 1 fully saturated rings. The molecular formula is C22H18FN3O4. The summed E-state index contributed by atoms with van der Waals surface area (Å²) in [6, 6.07) is 9.79. The van der Waals surface area contributed by atoms with Gasteiger partial charge >= 0.3 is 6.03 Å². The number of benzene rings is 2. The molecule has 2 aromatic carbocycles. The van der Waals surface area contributed by atoms with Gasteiger partial charge in [-0.05, 0) is 42.8 Å². The van der Waals surface area contributed by atoms with E-state index in [0.29, 0.717) is 22.1 Å². The van der Waals surface area contributed by atoms with E-state index in [2.05, 4.69) is 22.5 Å². The molecule has 7 nitrogen and oxygen atoms in total. The molecule has 0 bridgehead atoms. The van der Waals surface area contributed by atoms with E-state index in [4.69, 9.17) is 4.74 Å². The number of rotatable bonds is 5. The van der Waals surface area contributed by atoms with Crippen LogP contribution in [0.3, 0.4) is 0 Å². The predicted molar refractivity (Wildman–Crippen MR) is 107 cm³/mol. The summed E-state index contributed by atoms with van der Waals surface area (Å²) >= 11 is 0. The highest BCUT2D eigenvalue weighted by atomic mass is 19.1. The molecular weight excluding hydrogens is 389 g/mol. The largest absolute Gasteiger partial charge is 0.494 e. The van der Waals surface area contributed by atoms with Gasteiger partial charge in [-0.1, -0.05) is 18.1 Å². The molecule has 0 saturated carbocycles. The van der Waals surface area contributed by atoms with E-state index in [1.165, 1.54) is 28.8 Å². The smallest absolute Gasteiger partial charge is 0.322 e. The van der Waals surface area contributed by atoms with E-state index >= 15 is 0 Å². The number of urea groups is 1. The van der Waals surface area contributed by atoms with Gasteiger partial charge < -0.3 is 19.7 Å². The highest BCUT2D eigenvalue weighted by Gasteiger charge is 2.48. The fraction of sp³-hybridized carbons (Fsp3) is 0.182. The molecule has 152 valence electrons. The molecule has 3 N–H and O–H groups in total. The van der Waals surface area contributed by atoms with Crippen molar-refractivity contribution >= 4 is 22.7 Å². The second kappa shape index (κ2) is 7.44. The second-order valence-electron chi connectivity index (χ2n) is 6.87. The number of nitrogens with one attached hydrogen (secondary N) is 2. The molecule has 1 aliphatic rings. The normalized spacial score (nSPS) is 17.9. The number of aromatic nitrogens is 1. The molecule has 1 saturated heterocycles. The molecule has 30 heavy (non-hydrogen) atoms. The number of ether oxygens (including phenoxy) is 1. The van der Waals surface area contributed by atoms with E-state index in [-0.39, 0.29) is 19.0 Å². The number of amides is 3. The highest BCUT2D eigenvalue weighted by molar-refractivity contribution is 6.07. The van der Waals surface area contributed by atoms with E-state index in [9.17, 15) is 19.1 Å². The minimum Gasteiger partial charge on any atom is -0.494 e. The quantitative estimate of drug-likeness (QED) is 0.448. The van der Waals surface area contributed by atoms with Crippen LogP contribution in [0.2, 0.25) is 0 Å². The Morgan fingerprint density at radius 1 is 1.20 bits per heavy atom. The number of nitrogens with zero attached hydrogens (tertiary/aromatic N) is 1. The first-order chi connectivity index (χ1) is 14.4. The maximum atomic E-state index is 13.4. The topological polar surface area (TPSA) is 92.6 Å². The molecule has 1 atom stereocenters. The van der Waals surface area contributed by atoms with Gasteiger partial charge in [-0.3, -0.25) is 10.1 Å². The number of hydrogen-bond acceptors (Lipinski definition) is 4. The first-order valence-corrected chi connectivity index (χ1v) is 9.17. The minimum absolute atomic E-state index is 0.0691. The van der Waals surface area contributed by atoms with Crippen molar-refractivity contribution < 1.29 is 23.8 Å². The summed E-state index contributed by atoms with van der Waals surface area (Å²) in [6.45, 7) is 1.88. The molecule has 1 aliphatic heterocycles. The van der Waals surface area contributed by atoms with Crippen LogP contribution in [0, 0.1) is 17.7 Å². The maximum absolute atomic E-state index is 13.4. The van der Waals surface area contributed by atoms with E-state index < -0.39 is 23.3 Å². The fourth-order valence-corrected chi connectivity index (χ4v) is 3.52. The molecule has 0 radical (unpaired) electrons. The van der Waals surface area contributed by atoms with Crippen molar-refractivity contribution in [3.8, 4) is 23.5 Å². The minimum atomic E-state index is -1.49. The van der Waals surface area contributed by atoms with Crippen LogP contribution >= 0.6 is 0 Å². The number of carbonyl (C=O) groups is 2. The number of hydrogen-bond donors (Lipinski definition) is 3. The van der Waals surface area contributed by atoms with E-state index in [1.54, 1.807) is 31.3 Å². The average Bonchev–Trinajstić information content (AvgIpc) is 3.18. The van der Waals surface area contributed by atoms with Crippen molar-refractivity contribution in [2.24, 2.45) is 0 Å². The van der Waals surface area contributed by atoms with Crippen LogP contribution in [0.4, 0.5) is 9.18 Å². The standard InChI is InChI=1S/C22H18FN3O4/c1-2-3-10-30-17-8-9-18-14(11-17)12-26(19(18)27)13-22(20(28)24-21(29)25-22)15-4-6-16(23)7-5-15/h4-9,11-12,27H,10,13H2,1H3,(H2,24,25,28,29). The SMILES string of the molecule is CC#CCOc1ccc2c(O)n(CC3(c4ccc(F)cc4)NC(=O)NC3=O)cc2c1. The summed E-state index contributed by atoms with van der Waals surface area (Å²) in [6.07, 6.45) is 1.66. The summed E-state index contributed by atoms with van der Waals surface area (Å²) in [5.41, 5.74) is -1.10. The van der Waals surface area contributed by atoms with Gasteiger partial charge in [0.25, 0.3) is 5.91 Å². The summed E-state index contributed by atoms with van der Waals surface area (Å²) in [5, 5.41) is 16.8. The Bertz CT molecular complexity index is 1210. The van der Waals surface area contributed by atoms with Crippen molar-refractivity contribution in [3.63, 3.8) is 0 Å². The van der Waals surface area contributed by atoms with Gasteiger partial charge in [-0.15, -0.1) is 5.92 Å². The van der Waals surface area contributed by atoms with Gasteiger partial charge in [-0.25, -0.2) is 9.18 Å². The summed E-state index contributed by atoms with van der Waals surface area (Å²) < 4.78 is 20.4. The van der Waals surface area contributed by atoms with Crippen LogP contribution in [0.1, 0.15) is 12.5 Å². The molecule has 2 heterocycles. The Morgan fingerprint density at radius 2 is 1.97 bits per heavy atom. The third kappa shape index (κ3) is 3.31. The van der Waals surface area contributed by atoms with Crippen LogP contribution in [0.15, 0.2) is 48.7 Å². The zero-order valence-corrected chi connectivity index (χ0v) is 16.0. The van der Waals surface area contributed by atoms with Gasteiger partial charge in [0.15, 0.2) is 11.4 Å². The summed E-state index contributed by atoms with van der Waals surface area (Å²) in [5.74, 6) is 5.02. The Labute approximate surface area is 171 Å². The Kier molecular flexibility index (Phi) is 4.80. The lowest BCUT2D eigenvalue weighted by Gasteiger charge is -2.27. The van der Waals surface area contributed by atoms with Crippen molar-refractivity contribution in [1.82, 2.24) is 15.2 Å². The molecule has 0 spiro atoms. The van der Waals surface area contributed by atoms with Crippen LogP contribution in [0.25, 0.3) is 10.8 Å².